The number of nitrogens with zero attached hydrogens (tertiary/aromatic N) is 4. The molecule has 3 amide bonds. The minimum atomic E-state index is -0.602. The van der Waals surface area contributed by atoms with E-state index >= 15 is 0 Å². The lowest BCUT2D eigenvalue weighted by Crippen LogP contribution is -2.37. The Morgan fingerprint density at radius 1 is 1.14 bits per heavy atom. The van der Waals surface area contributed by atoms with Crippen LogP contribution < -0.4 is 25.0 Å². The van der Waals surface area contributed by atoms with Gasteiger partial charge >= 0.3 is 6.03 Å². The molecule has 1 saturated heterocycles. The van der Waals surface area contributed by atoms with Crippen LogP contribution in [0.25, 0.3) is 10.2 Å². The van der Waals surface area contributed by atoms with Crippen molar-refractivity contribution >= 4 is 67.8 Å². The molecule has 0 atom stereocenters. The number of aromatic nitrogens is 1. The first kappa shape index (κ1) is 26.5. The van der Waals surface area contributed by atoms with Gasteiger partial charge < -0.3 is 24.8 Å². The van der Waals surface area contributed by atoms with E-state index in [4.69, 9.17) is 25.8 Å². The van der Waals surface area contributed by atoms with Gasteiger partial charge in [0, 0.05) is 31.5 Å². The zero-order chi connectivity index (χ0) is 28.8. The number of hydrogen-bond acceptors (Lipinski definition) is 9. The minimum absolute atomic E-state index is 0.0299. The van der Waals surface area contributed by atoms with Crippen LogP contribution in [0, 0.1) is 11.3 Å². The van der Waals surface area contributed by atoms with Gasteiger partial charge in [-0.25, -0.2) is 9.78 Å². The zero-order valence-electron chi connectivity index (χ0n) is 22.1. The molecular weight excluding hydrogens is 580 g/mol. The highest BCUT2D eigenvalue weighted by Crippen LogP contribution is 2.53. The molecule has 3 aliphatic heterocycles. The van der Waals surface area contributed by atoms with Gasteiger partial charge in [-0.1, -0.05) is 23.7 Å². The molecule has 1 fully saturated rings. The summed E-state index contributed by atoms with van der Waals surface area (Å²) in [4.78, 5) is 36.0. The van der Waals surface area contributed by atoms with Crippen molar-refractivity contribution in [2.75, 3.05) is 55.2 Å². The molecule has 5 heterocycles. The third-order valence-corrected chi connectivity index (χ3v) is 8.80. The molecule has 0 spiro atoms. The van der Waals surface area contributed by atoms with E-state index in [0.29, 0.717) is 21.7 Å². The Morgan fingerprint density at radius 3 is 2.74 bits per heavy atom. The highest BCUT2D eigenvalue weighted by atomic mass is 35.5. The number of pyridine rings is 1. The molecule has 0 radical (unpaired) electrons. The molecule has 0 aliphatic carbocycles. The van der Waals surface area contributed by atoms with E-state index in [1.165, 1.54) is 16.7 Å². The fraction of sp³-hybridized carbons (Fsp3) is 0.241. The van der Waals surface area contributed by atoms with Crippen LogP contribution in [0.4, 0.5) is 27.5 Å². The van der Waals surface area contributed by atoms with Gasteiger partial charge in [-0.2, -0.15) is 5.26 Å². The van der Waals surface area contributed by atoms with Crippen LogP contribution in [0.2, 0.25) is 5.02 Å². The average Bonchev–Trinajstić information content (AvgIpc) is 3.64. The number of halogens is 1. The number of thiophene rings is 1. The lowest BCUT2D eigenvalue weighted by molar-refractivity contribution is 0.0384. The van der Waals surface area contributed by atoms with Gasteiger partial charge in [0.1, 0.15) is 21.5 Å². The van der Waals surface area contributed by atoms with Crippen molar-refractivity contribution < 1.29 is 23.8 Å². The molecule has 2 aromatic heterocycles. The third-order valence-electron chi connectivity index (χ3n) is 7.40. The molecule has 11 nitrogen and oxygen atoms in total. The predicted octanol–water partition coefficient (Wildman–Crippen LogP) is 5.36. The quantitative estimate of drug-likeness (QED) is 0.302. The number of hydrogen-bond donors (Lipinski definition) is 2. The first-order valence-corrected chi connectivity index (χ1v) is 14.5. The molecule has 0 unspecified atom stereocenters. The van der Waals surface area contributed by atoms with E-state index in [0.717, 1.165) is 50.6 Å². The Kier molecular flexibility index (Phi) is 6.79. The maximum Gasteiger partial charge on any atom is 0.331 e. The summed E-state index contributed by atoms with van der Waals surface area (Å²) in [7, 11) is 0. The maximum atomic E-state index is 13.7. The molecule has 4 aromatic rings. The summed E-state index contributed by atoms with van der Waals surface area (Å²) in [5.74, 6) is 0.313. The van der Waals surface area contributed by atoms with Gasteiger partial charge in [-0.15, -0.1) is 11.3 Å². The van der Waals surface area contributed by atoms with Crippen molar-refractivity contribution in [3.63, 3.8) is 0 Å². The lowest BCUT2D eigenvalue weighted by atomic mass is 10.1. The van der Waals surface area contributed by atoms with E-state index in [1.807, 2.05) is 24.3 Å². The van der Waals surface area contributed by atoms with E-state index in [1.54, 1.807) is 12.1 Å². The Balaban J connectivity index is 1.20. The first-order valence-electron chi connectivity index (χ1n) is 13.3. The number of nitrogens with one attached hydrogen (secondary N) is 2. The first-order chi connectivity index (χ1) is 20.5. The highest BCUT2D eigenvalue weighted by Gasteiger charge is 2.38. The summed E-state index contributed by atoms with van der Waals surface area (Å²) in [6.07, 6.45) is 2.29. The van der Waals surface area contributed by atoms with Crippen molar-refractivity contribution in [2.24, 2.45) is 0 Å². The average molecular weight is 603 g/mol. The topological polar surface area (TPSA) is 129 Å². The number of amides is 3. The molecule has 0 bridgehead atoms. The van der Waals surface area contributed by atoms with Gasteiger partial charge in [0.15, 0.2) is 11.5 Å². The Morgan fingerprint density at radius 2 is 1.95 bits per heavy atom. The van der Waals surface area contributed by atoms with Crippen molar-refractivity contribution in [1.82, 2.24) is 9.88 Å². The molecule has 42 heavy (non-hydrogen) atoms. The van der Waals surface area contributed by atoms with Gasteiger partial charge in [0.25, 0.3) is 5.91 Å². The summed E-state index contributed by atoms with van der Waals surface area (Å²) >= 11 is 7.68. The zero-order valence-corrected chi connectivity index (χ0v) is 23.7. The second-order valence-corrected chi connectivity index (χ2v) is 11.3. The summed E-state index contributed by atoms with van der Waals surface area (Å²) in [5.41, 5.74) is 2.73. The number of nitriles is 1. The fourth-order valence-corrected chi connectivity index (χ4v) is 6.55. The predicted molar refractivity (Wildman–Crippen MR) is 158 cm³/mol. The summed E-state index contributed by atoms with van der Waals surface area (Å²) in [6, 6.07) is 12.5. The molecular formula is C29H23ClN6O5S. The number of carbonyl (C=O) groups is 2. The normalized spacial score (nSPS) is 15.9. The molecule has 0 saturated carbocycles. The van der Waals surface area contributed by atoms with Crippen LogP contribution in [0.3, 0.4) is 0 Å². The molecule has 2 N–H and O–H groups in total. The van der Waals surface area contributed by atoms with Crippen molar-refractivity contribution in [3.8, 4) is 17.6 Å². The van der Waals surface area contributed by atoms with Crippen molar-refractivity contribution in [2.45, 2.75) is 6.42 Å². The Labute approximate surface area is 249 Å². The number of fused-ring (bicyclic) bond motifs is 1. The van der Waals surface area contributed by atoms with Crippen molar-refractivity contribution in [1.29, 1.82) is 5.26 Å². The number of anilines is 4. The molecule has 212 valence electrons. The van der Waals surface area contributed by atoms with Gasteiger partial charge in [-0.3, -0.25) is 14.6 Å². The summed E-state index contributed by atoms with van der Waals surface area (Å²) < 4.78 is 16.5. The number of benzene rings is 2. The van der Waals surface area contributed by atoms with E-state index in [-0.39, 0.29) is 45.1 Å². The third kappa shape index (κ3) is 4.56. The number of morpholine rings is 1. The van der Waals surface area contributed by atoms with Crippen LogP contribution in [-0.2, 0) is 11.2 Å². The number of urea groups is 1. The highest BCUT2D eigenvalue weighted by molar-refractivity contribution is 7.21. The number of carbonyl (C=O) groups excluding carboxylic acids is 2. The largest absolute Gasteiger partial charge is 0.454 e. The van der Waals surface area contributed by atoms with E-state index < -0.39 is 11.9 Å². The second-order valence-electron chi connectivity index (χ2n) is 9.87. The van der Waals surface area contributed by atoms with Gasteiger partial charge in [-0.05, 0) is 36.2 Å². The molecule has 3 aliphatic rings. The van der Waals surface area contributed by atoms with Crippen LogP contribution in [0.15, 0.2) is 42.6 Å². The SMILES string of the molecule is N#Cc1cnc2sc(C(=O)Nc3ccc(CCN4CCOCC4)cc3)c3c2c1N(c1c(Cl)ccc2c1OCO2)C(=O)N3. The van der Waals surface area contributed by atoms with Crippen LogP contribution in [0.1, 0.15) is 20.8 Å². The molecule has 7 rings (SSSR count). The fourth-order valence-electron chi connectivity index (χ4n) is 5.32. The van der Waals surface area contributed by atoms with Crippen LogP contribution >= 0.6 is 22.9 Å². The molecule has 13 heteroatoms. The molecule has 2 aromatic carbocycles. The maximum absolute atomic E-state index is 13.7. The summed E-state index contributed by atoms with van der Waals surface area (Å²) in [5, 5.41) is 16.4. The number of ether oxygens (including phenoxy) is 3. The van der Waals surface area contributed by atoms with Crippen LogP contribution in [0.5, 0.6) is 11.5 Å². The van der Waals surface area contributed by atoms with Crippen LogP contribution in [-0.4, -0.2) is 61.5 Å². The van der Waals surface area contributed by atoms with E-state index in [9.17, 15) is 14.9 Å². The van der Waals surface area contributed by atoms with E-state index in [2.05, 4.69) is 26.6 Å². The second kappa shape index (κ2) is 10.8. The number of rotatable bonds is 6. The summed E-state index contributed by atoms with van der Waals surface area (Å²) in [6.45, 7) is 4.34. The standard InChI is InChI=1S/C29H23ClN6O5S/c30-19-5-6-20-25(41-15-40-20)24(19)36-23-17(13-31)14-32-28-21(23)22(34-29(36)38)26(42-28)27(37)33-18-3-1-16(2-4-18)7-8-35-9-11-39-12-10-35/h1-6,14H,7-12,15H2,(H,33,37)(H,34,38). The van der Waals surface area contributed by atoms with Gasteiger partial charge in [0.05, 0.1) is 40.6 Å². The smallest absolute Gasteiger partial charge is 0.331 e. The van der Waals surface area contributed by atoms with Gasteiger partial charge in [0.2, 0.25) is 6.79 Å². The Hall–Kier alpha value is -4.41. The Bertz CT molecular complexity index is 1780. The lowest BCUT2D eigenvalue weighted by Gasteiger charge is -2.30. The monoisotopic (exact) mass is 602 g/mol. The minimum Gasteiger partial charge on any atom is -0.454 e. The van der Waals surface area contributed by atoms with Crippen molar-refractivity contribution in [3.05, 3.63) is 63.6 Å².